The summed E-state index contributed by atoms with van der Waals surface area (Å²) in [6.07, 6.45) is 0.988. The van der Waals surface area contributed by atoms with Gasteiger partial charge in [0.25, 0.3) is 5.56 Å². The lowest BCUT2D eigenvalue weighted by molar-refractivity contribution is 0.724. The van der Waals surface area contributed by atoms with Gasteiger partial charge in [-0.2, -0.15) is 0 Å². The van der Waals surface area contributed by atoms with Gasteiger partial charge in [0, 0.05) is 11.1 Å². The van der Waals surface area contributed by atoms with Crippen molar-refractivity contribution in [3.05, 3.63) is 46.2 Å². The molecule has 0 saturated carbocycles. The largest absolute Gasteiger partial charge is 0.322 e. The fourth-order valence-corrected chi connectivity index (χ4v) is 1.75. The lowest BCUT2D eigenvalue weighted by atomic mass is 9.99. The molecule has 78 valence electrons. The Kier molecular flexibility index (Phi) is 2.58. The van der Waals surface area contributed by atoms with Crippen LogP contribution in [0, 0.1) is 0 Å². The number of aromatic amines is 1. The zero-order valence-corrected chi connectivity index (χ0v) is 9.08. The maximum atomic E-state index is 11.8. The van der Waals surface area contributed by atoms with Crippen LogP contribution in [0.15, 0.2) is 35.1 Å². The maximum absolute atomic E-state index is 11.8. The minimum Gasteiger partial charge on any atom is -0.322 e. The normalized spacial score (nSPS) is 12.9. The fourth-order valence-electron chi connectivity index (χ4n) is 1.75. The smallest absolute Gasteiger partial charge is 0.251 e. The first-order valence-corrected chi connectivity index (χ1v) is 5.34. The number of benzene rings is 1. The lowest BCUT2D eigenvalue weighted by Gasteiger charge is -2.08. The molecule has 0 amide bonds. The van der Waals surface area contributed by atoms with E-state index < -0.39 is 0 Å². The molecule has 1 aromatic carbocycles. The standard InChI is InChI=1S/C13H15NO/c1-3-9(2)11-8-10-6-4-5-7-12(10)14-13(11)15/h4-9H,3H2,1-2H3,(H,14,15). The summed E-state index contributed by atoms with van der Waals surface area (Å²) in [6.45, 7) is 4.18. The monoisotopic (exact) mass is 201 g/mol. The van der Waals surface area contributed by atoms with E-state index in [2.05, 4.69) is 18.8 Å². The molecule has 1 N–H and O–H groups in total. The van der Waals surface area contributed by atoms with Crippen LogP contribution in [0.2, 0.25) is 0 Å². The van der Waals surface area contributed by atoms with Crippen LogP contribution in [0.3, 0.4) is 0 Å². The molecule has 0 spiro atoms. The zero-order chi connectivity index (χ0) is 10.8. The van der Waals surface area contributed by atoms with E-state index in [-0.39, 0.29) is 5.56 Å². The van der Waals surface area contributed by atoms with Gasteiger partial charge in [-0.1, -0.05) is 32.0 Å². The molecule has 1 aromatic heterocycles. The van der Waals surface area contributed by atoms with Gasteiger partial charge >= 0.3 is 0 Å². The SMILES string of the molecule is CCC(C)c1cc2ccccc2[nH]c1=O. The minimum absolute atomic E-state index is 0.0445. The first-order chi connectivity index (χ1) is 7.22. The molecule has 0 fully saturated rings. The predicted octanol–water partition coefficient (Wildman–Crippen LogP) is 3.04. The highest BCUT2D eigenvalue weighted by molar-refractivity contribution is 5.78. The van der Waals surface area contributed by atoms with Gasteiger partial charge in [0.2, 0.25) is 0 Å². The second kappa shape index (κ2) is 3.89. The topological polar surface area (TPSA) is 32.9 Å². The molecule has 1 atom stereocenters. The van der Waals surface area contributed by atoms with Crippen molar-refractivity contribution in [2.75, 3.05) is 0 Å². The highest BCUT2D eigenvalue weighted by Crippen LogP contribution is 2.18. The van der Waals surface area contributed by atoms with Gasteiger partial charge in [-0.15, -0.1) is 0 Å². The van der Waals surface area contributed by atoms with Crippen molar-refractivity contribution in [2.24, 2.45) is 0 Å². The van der Waals surface area contributed by atoms with Crippen LogP contribution in [-0.2, 0) is 0 Å². The molecule has 1 heterocycles. The lowest BCUT2D eigenvalue weighted by Crippen LogP contribution is -2.14. The van der Waals surface area contributed by atoms with E-state index in [0.717, 1.165) is 22.9 Å². The van der Waals surface area contributed by atoms with Gasteiger partial charge in [0.05, 0.1) is 0 Å². The molecule has 0 bridgehead atoms. The molecule has 15 heavy (non-hydrogen) atoms. The Morgan fingerprint density at radius 2 is 2.07 bits per heavy atom. The predicted molar refractivity (Wildman–Crippen MR) is 63.3 cm³/mol. The van der Waals surface area contributed by atoms with Crippen LogP contribution in [0.4, 0.5) is 0 Å². The Morgan fingerprint density at radius 1 is 1.33 bits per heavy atom. The van der Waals surface area contributed by atoms with E-state index in [4.69, 9.17) is 0 Å². The number of hydrogen-bond donors (Lipinski definition) is 1. The highest BCUT2D eigenvalue weighted by atomic mass is 16.1. The molecule has 0 aliphatic carbocycles. The van der Waals surface area contributed by atoms with Crippen LogP contribution < -0.4 is 5.56 Å². The number of para-hydroxylation sites is 1. The van der Waals surface area contributed by atoms with Gasteiger partial charge in [0.15, 0.2) is 0 Å². The van der Waals surface area contributed by atoms with Crippen LogP contribution in [-0.4, -0.2) is 4.98 Å². The van der Waals surface area contributed by atoms with Crippen molar-refractivity contribution in [1.82, 2.24) is 4.98 Å². The van der Waals surface area contributed by atoms with E-state index in [0.29, 0.717) is 5.92 Å². The number of aromatic nitrogens is 1. The summed E-state index contributed by atoms with van der Waals surface area (Å²) in [5.41, 5.74) is 1.84. The van der Waals surface area contributed by atoms with E-state index in [9.17, 15) is 4.79 Å². The molecular weight excluding hydrogens is 186 g/mol. The second-order valence-electron chi connectivity index (χ2n) is 3.95. The molecule has 2 nitrogen and oxygen atoms in total. The van der Waals surface area contributed by atoms with E-state index >= 15 is 0 Å². The average Bonchev–Trinajstić information content (AvgIpc) is 2.27. The summed E-state index contributed by atoms with van der Waals surface area (Å²) in [7, 11) is 0. The van der Waals surface area contributed by atoms with Gasteiger partial charge < -0.3 is 4.98 Å². The molecule has 2 rings (SSSR count). The Morgan fingerprint density at radius 3 is 2.80 bits per heavy atom. The van der Waals surface area contributed by atoms with Crippen molar-refractivity contribution in [3.63, 3.8) is 0 Å². The first-order valence-electron chi connectivity index (χ1n) is 5.34. The maximum Gasteiger partial charge on any atom is 0.251 e. The van der Waals surface area contributed by atoms with E-state index in [1.54, 1.807) is 0 Å². The molecule has 0 aliphatic rings. The highest BCUT2D eigenvalue weighted by Gasteiger charge is 2.08. The number of rotatable bonds is 2. The zero-order valence-electron chi connectivity index (χ0n) is 9.08. The summed E-state index contributed by atoms with van der Waals surface area (Å²) >= 11 is 0. The van der Waals surface area contributed by atoms with Crippen LogP contribution in [0.25, 0.3) is 10.9 Å². The van der Waals surface area contributed by atoms with Gasteiger partial charge in [0.1, 0.15) is 0 Å². The molecule has 2 heteroatoms. The molecule has 0 radical (unpaired) electrons. The van der Waals surface area contributed by atoms with Crippen molar-refractivity contribution < 1.29 is 0 Å². The Hall–Kier alpha value is -1.57. The Labute approximate surface area is 89.0 Å². The third kappa shape index (κ3) is 1.80. The Balaban J connectivity index is 2.67. The third-order valence-electron chi connectivity index (χ3n) is 2.93. The summed E-state index contributed by atoms with van der Waals surface area (Å²) in [5.74, 6) is 0.318. The molecule has 0 saturated heterocycles. The fraction of sp³-hybridized carbons (Fsp3) is 0.308. The van der Waals surface area contributed by atoms with Gasteiger partial charge in [-0.05, 0) is 29.9 Å². The summed E-state index contributed by atoms with van der Waals surface area (Å²) < 4.78 is 0. The quantitative estimate of drug-likeness (QED) is 0.795. The Bertz CT molecular complexity index is 527. The van der Waals surface area contributed by atoms with Crippen molar-refractivity contribution in [2.45, 2.75) is 26.2 Å². The number of nitrogens with one attached hydrogen (secondary N) is 1. The van der Waals surface area contributed by atoms with Crippen molar-refractivity contribution in [1.29, 1.82) is 0 Å². The number of pyridine rings is 1. The van der Waals surface area contributed by atoms with Gasteiger partial charge in [-0.3, -0.25) is 4.79 Å². The first kappa shape index (κ1) is 9.97. The van der Waals surface area contributed by atoms with E-state index in [1.807, 2.05) is 30.3 Å². The number of hydrogen-bond acceptors (Lipinski definition) is 1. The molecular formula is C13H15NO. The molecule has 2 aromatic rings. The van der Waals surface area contributed by atoms with Crippen LogP contribution in [0.5, 0.6) is 0 Å². The minimum atomic E-state index is 0.0445. The van der Waals surface area contributed by atoms with Crippen molar-refractivity contribution in [3.8, 4) is 0 Å². The average molecular weight is 201 g/mol. The number of fused-ring (bicyclic) bond motifs is 1. The third-order valence-corrected chi connectivity index (χ3v) is 2.93. The van der Waals surface area contributed by atoms with E-state index in [1.165, 1.54) is 0 Å². The second-order valence-corrected chi connectivity index (χ2v) is 3.95. The van der Waals surface area contributed by atoms with Gasteiger partial charge in [-0.25, -0.2) is 0 Å². The van der Waals surface area contributed by atoms with Crippen LogP contribution in [0.1, 0.15) is 31.7 Å². The summed E-state index contributed by atoms with van der Waals surface area (Å²) in [6, 6.07) is 9.87. The van der Waals surface area contributed by atoms with Crippen LogP contribution >= 0.6 is 0 Å². The number of H-pyrrole nitrogens is 1. The van der Waals surface area contributed by atoms with Crippen molar-refractivity contribution >= 4 is 10.9 Å². The summed E-state index contributed by atoms with van der Waals surface area (Å²) in [5, 5.41) is 1.10. The summed E-state index contributed by atoms with van der Waals surface area (Å²) in [4.78, 5) is 14.7. The molecule has 0 aliphatic heterocycles. The molecule has 1 unspecified atom stereocenters.